The average molecular weight is 297 g/mol. The lowest BCUT2D eigenvalue weighted by atomic mass is 10.1. The van der Waals surface area contributed by atoms with Crippen molar-refractivity contribution >= 4 is 0 Å². The molecule has 3 N–H and O–H groups in total. The minimum Gasteiger partial charge on any atom is -0.493 e. The highest BCUT2D eigenvalue weighted by atomic mass is 16.5. The second kappa shape index (κ2) is 8.71. The summed E-state index contributed by atoms with van der Waals surface area (Å²) in [5.74, 6) is 1.87. The topological polar surface area (TPSA) is 69.0 Å². The zero-order valence-electron chi connectivity index (χ0n) is 13.6. The van der Waals surface area contributed by atoms with Gasteiger partial charge in [-0.25, -0.2) is 0 Å². The van der Waals surface area contributed by atoms with E-state index < -0.39 is 0 Å². The lowest BCUT2D eigenvalue weighted by molar-refractivity contribution is 0.322. The zero-order valence-corrected chi connectivity index (χ0v) is 13.6. The second-order valence-electron chi connectivity index (χ2n) is 5.00. The molecular formula is C15H27N3O3. The highest BCUT2D eigenvalue weighted by Gasteiger charge is 2.17. The molecule has 6 nitrogen and oxygen atoms in total. The Morgan fingerprint density at radius 1 is 1.10 bits per heavy atom. The molecule has 0 heterocycles. The number of hydrogen-bond acceptors (Lipinski definition) is 6. The summed E-state index contributed by atoms with van der Waals surface area (Å²) in [6.45, 7) is 2.29. The fourth-order valence-electron chi connectivity index (χ4n) is 2.10. The molecule has 0 amide bonds. The van der Waals surface area contributed by atoms with Crippen LogP contribution in [0.4, 0.5) is 0 Å². The van der Waals surface area contributed by atoms with Crippen molar-refractivity contribution in [2.24, 2.45) is 5.73 Å². The quantitative estimate of drug-likeness (QED) is 0.705. The average Bonchev–Trinajstić information content (AvgIpc) is 2.49. The van der Waals surface area contributed by atoms with Crippen LogP contribution >= 0.6 is 0 Å². The van der Waals surface area contributed by atoms with Crippen LogP contribution in [-0.4, -0.2) is 60.0 Å². The number of nitrogens with two attached hydrogens (primary N) is 1. The number of ether oxygens (including phenoxy) is 3. The first-order valence-electron chi connectivity index (χ1n) is 6.95. The van der Waals surface area contributed by atoms with Gasteiger partial charge >= 0.3 is 0 Å². The van der Waals surface area contributed by atoms with E-state index in [-0.39, 0.29) is 6.04 Å². The molecule has 0 aliphatic carbocycles. The summed E-state index contributed by atoms with van der Waals surface area (Å²) in [5, 5.41) is 3.44. The monoisotopic (exact) mass is 297 g/mol. The Kier molecular flexibility index (Phi) is 7.28. The summed E-state index contributed by atoms with van der Waals surface area (Å²) in [5.41, 5.74) is 6.91. The summed E-state index contributed by atoms with van der Waals surface area (Å²) in [4.78, 5) is 2.12. The van der Waals surface area contributed by atoms with Crippen molar-refractivity contribution in [1.29, 1.82) is 0 Å². The first-order valence-corrected chi connectivity index (χ1v) is 6.95. The van der Waals surface area contributed by atoms with Crippen molar-refractivity contribution in [3.63, 3.8) is 0 Å². The van der Waals surface area contributed by atoms with Crippen molar-refractivity contribution in [2.75, 3.05) is 55.1 Å². The number of nitrogens with one attached hydrogen (secondary N) is 1. The van der Waals surface area contributed by atoms with Crippen LogP contribution in [0.3, 0.4) is 0 Å². The highest BCUT2D eigenvalue weighted by Crippen LogP contribution is 2.39. The van der Waals surface area contributed by atoms with Crippen LogP contribution in [-0.2, 0) is 0 Å². The Morgan fingerprint density at radius 3 is 2.05 bits per heavy atom. The van der Waals surface area contributed by atoms with E-state index in [1.807, 2.05) is 26.2 Å². The van der Waals surface area contributed by atoms with Crippen LogP contribution in [0, 0.1) is 0 Å². The predicted molar refractivity (Wildman–Crippen MR) is 84.5 cm³/mol. The van der Waals surface area contributed by atoms with Gasteiger partial charge in [-0.05, 0) is 31.8 Å². The fraction of sp³-hybridized carbons (Fsp3) is 0.600. The molecule has 0 saturated carbocycles. The molecule has 1 atom stereocenters. The van der Waals surface area contributed by atoms with Crippen LogP contribution in [0.1, 0.15) is 11.6 Å². The van der Waals surface area contributed by atoms with Gasteiger partial charge in [-0.2, -0.15) is 0 Å². The molecule has 6 heteroatoms. The summed E-state index contributed by atoms with van der Waals surface area (Å²) < 4.78 is 16.1. The Bertz CT molecular complexity index is 413. The van der Waals surface area contributed by atoms with E-state index in [4.69, 9.17) is 19.9 Å². The first kappa shape index (κ1) is 17.6. The number of nitrogens with zero attached hydrogens (tertiary/aromatic N) is 1. The molecule has 0 aromatic heterocycles. The van der Waals surface area contributed by atoms with E-state index in [0.29, 0.717) is 23.8 Å². The molecule has 0 spiro atoms. The summed E-state index contributed by atoms with van der Waals surface area (Å²) in [6.07, 6.45) is 0. The molecule has 21 heavy (non-hydrogen) atoms. The standard InChI is InChI=1S/C15H27N3O3/c1-18(2)7-6-17-12(10-16)11-8-13(19-3)15(21-5)14(9-11)20-4/h8-9,12,17H,6-7,10,16H2,1-5H3. The number of methoxy groups -OCH3 is 3. The lowest BCUT2D eigenvalue weighted by Crippen LogP contribution is -2.33. The Labute approximate surface area is 127 Å². The van der Waals surface area contributed by atoms with Gasteiger partial charge < -0.3 is 30.2 Å². The van der Waals surface area contributed by atoms with Crippen LogP contribution < -0.4 is 25.3 Å². The first-order chi connectivity index (χ1) is 10.1. The van der Waals surface area contributed by atoms with Gasteiger partial charge in [-0.15, -0.1) is 0 Å². The predicted octanol–water partition coefficient (Wildman–Crippen LogP) is 0.863. The molecule has 0 radical (unpaired) electrons. The summed E-state index contributed by atoms with van der Waals surface area (Å²) in [7, 11) is 8.89. The molecule has 0 bridgehead atoms. The van der Waals surface area contributed by atoms with Gasteiger partial charge in [0.2, 0.25) is 5.75 Å². The van der Waals surface area contributed by atoms with Crippen molar-refractivity contribution in [3.8, 4) is 17.2 Å². The molecule has 0 aliphatic heterocycles. The van der Waals surface area contributed by atoms with E-state index >= 15 is 0 Å². The van der Waals surface area contributed by atoms with E-state index in [2.05, 4.69) is 10.2 Å². The molecule has 1 aromatic rings. The molecule has 1 rings (SSSR count). The van der Waals surface area contributed by atoms with Crippen molar-refractivity contribution in [3.05, 3.63) is 17.7 Å². The smallest absolute Gasteiger partial charge is 0.203 e. The van der Waals surface area contributed by atoms with Crippen molar-refractivity contribution in [2.45, 2.75) is 6.04 Å². The molecule has 120 valence electrons. The largest absolute Gasteiger partial charge is 0.493 e. The maximum Gasteiger partial charge on any atom is 0.203 e. The lowest BCUT2D eigenvalue weighted by Gasteiger charge is -2.21. The zero-order chi connectivity index (χ0) is 15.8. The van der Waals surface area contributed by atoms with Gasteiger partial charge in [0.25, 0.3) is 0 Å². The minimum absolute atomic E-state index is 0.0404. The SMILES string of the molecule is COc1cc(C(CN)NCCN(C)C)cc(OC)c1OC. The van der Waals surface area contributed by atoms with Crippen LogP contribution in [0.15, 0.2) is 12.1 Å². The van der Waals surface area contributed by atoms with Crippen molar-refractivity contribution < 1.29 is 14.2 Å². The van der Waals surface area contributed by atoms with Crippen molar-refractivity contribution in [1.82, 2.24) is 10.2 Å². The molecule has 0 aliphatic rings. The molecule has 1 aromatic carbocycles. The molecule has 1 unspecified atom stereocenters. The Balaban J connectivity index is 2.98. The molecule has 0 fully saturated rings. The van der Waals surface area contributed by atoms with Crippen LogP contribution in [0.2, 0.25) is 0 Å². The minimum atomic E-state index is 0.0404. The number of likely N-dealkylation sites (N-methyl/N-ethyl adjacent to an activating group) is 1. The Hall–Kier alpha value is -1.50. The third kappa shape index (κ3) is 4.77. The second-order valence-corrected chi connectivity index (χ2v) is 5.00. The number of benzene rings is 1. The van der Waals surface area contributed by atoms with Gasteiger partial charge in [-0.3, -0.25) is 0 Å². The van der Waals surface area contributed by atoms with Gasteiger partial charge in [0.05, 0.1) is 21.3 Å². The molecule has 0 saturated heterocycles. The van der Waals surface area contributed by atoms with Gasteiger partial charge in [0.1, 0.15) is 0 Å². The van der Waals surface area contributed by atoms with Gasteiger partial charge in [0, 0.05) is 25.7 Å². The maximum absolute atomic E-state index is 5.89. The van der Waals surface area contributed by atoms with Gasteiger partial charge in [-0.1, -0.05) is 0 Å². The maximum atomic E-state index is 5.89. The van der Waals surface area contributed by atoms with Gasteiger partial charge in [0.15, 0.2) is 11.5 Å². The third-order valence-corrected chi connectivity index (χ3v) is 3.27. The number of hydrogen-bond donors (Lipinski definition) is 2. The van der Waals surface area contributed by atoms with E-state index in [9.17, 15) is 0 Å². The van der Waals surface area contributed by atoms with Crippen LogP contribution in [0.25, 0.3) is 0 Å². The highest BCUT2D eigenvalue weighted by molar-refractivity contribution is 5.54. The van der Waals surface area contributed by atoms with E-state index in [1.165, 1.54) is 0 Å². The Morgan fingerprint density at radius 2 is 1.67 bits per heavy atom. The number of rotatable bonds is 9. The normalized spacial score (nSPS) is 12.3. The van der Waals surface area contributed by atoms with E-state index in [0.717, 1.165) is 18.7 Å². The third-order valence-electron chi connectivity index (χ3n) is 3.27. The summed E-state index contributed by atoms with van der Waals surface area (Å²) >= 11 is 0. The fourth-order valence-corrected chi connectivity index (χ4v) is 2.10. The van der Waals surface area contributed by atoms with E-state index in [1.54, 1.807) is 21.3 Å². The molecular weight excluding hydrogens is 270 g/mol. The van der Waals surface area contributed by atoms with Crippen LogP contribution in [0.5, 0.6) is 17.2 Å². The summed E-state index contributed by atoms with van der Waals surface area (Å²) in [6, 6.07) is 3.90.